The van der Waals surface area contributed by atoms with Crippen molar-refractivity contribution >= 4 is 23.2 Å². The molecule has 7 nitrogen and oxygen atoms in total. The summed E-state index contributed by atoms with van der Waals surface area (Å²) in [6.45, 7) is 0.924. The van der Waals surface area contributed by atoms with Gasteiger partial charge in [-0.25, -0.2) is 0 Å². The van der Waals surface area contributed by atoms with Crippen LogP contribution in [0.5, 0.6) is 0 Å². The Bertz CT molecular complexity index is 467. The first-order chi connectivity index (χ1) is 9.00. The maximum Gasteiger partial charge on any atom is 0.275 e. The molecule has 19 heavy (non-hydrogen) atoms. The predicted octanol–water partition coefficient (Wildman–Crippen LogP) is 0.840. The fourth-order valence-electron chi connectivity index (χ4n) is 1.40. The van der Waals surface area contributed by atoms with Crippen LogP contribution in [0, 0.1) is 10.1 Å². The number of hydrogen-bond donors (Lipinski definition) is 2. The summed E-state index contributed by atoms with van der Waals surface area (Å²) in [5, 5.41) is 14.1. The van der Waals surface area contributed by atoms with E-state index in [-0.39, 0.29) is 12.3 Å². The smallest absolute Gasteiger partial charge is 0.275 e. The van der Waals surface area contributed by atoms with Crippen LogP contribution in [0.15, 0.2) is 18.2 Å². The Morgan fingerprint density at radius 1 is 1.53 bits per heavy atom. The highest BCUT2D eigenvalue weighted by Crippen LogP contribution is 2.22. The van der Waals surface area contributed by atoms with Gasteiger partial charge < -0.3 is 15.8 Å². The fraction of sp³-hybridized carbons (Fsp3) is 0.364. The Labute approximate surface area is 114 Å². The van der Waals surface area contributed by atoms with Gasteiger partial charge >= 0.3 is 0 Å². The normalized spacial score (nSPS) is 10.4. The monoisotopic (exact) mass is 287 g/mol. The SMILES string of the molecule is NC(=O)COCCNCc1ccc(Cl)cc1[N+](=O)[O-]. The average molecular weight is 288 g/mol. The van der Waals surface area contributed by atoms with Crippen LogP contribution in [0.1, 0.15) is 5.56 Å². The average Bonchev–Trinajstić information content (AvgIpc) is 2.34. The molecule has 0 aliphatic rings. The fourth-order valence-corrected chi connectivity index (χ4v) is 1.56. The number of rotatable bonds is 8. The Morgan fingerprint density at radius 2 is 2.26 bits per heavy atom. The second-order valence-corrected chi connectivity index (χ2v) is 4.16. The van der Waals surface area contributed by atoms with Gasteiger partial charge in [0.05, 0.1) is 11.5 Å². The molecule has 8 heteroatoms. The van der Waals surface area contributed by atoms with Crippen molar-refractivity contribution in [2.24, 2.45) is 5.73 Å². The van der Waals surface area contributed by atoms with Crippen LogP contribution in [0.25, 0.3) is 0 Å². The number of hydrogen-bond acceptors (Lipinski definition) is 5. The van der Waals surface area contributed by atoms with Crippen molar-refractivity contribution in [1.29, 1.82) is 0 Å². The lowest BCUT2D eigenvalue weighted by Crippen LogP contribution is -2.24. The molecular formula is C11H14ClN3O4. The van der Waals surface area contributed by atoms with Crippen LogP contribution in [0.2, 0.25) is 5.02 Å². The van der Waals surface area contributed by atoms with E-state index in [1.54, 1.807) is 12.1 Å². The summed E-state index contributed by atoms with van der Waals surface area (Å²) in [5.74, 6) is -0.534. The minimum atomic E-state index is -0.534. The van der Waals surface area contributed by atoms with Crippen LogP contribution >= 0.6 is 11.6 Å². The van der Waals surface area contributed by atoms with Crippen molar-refractivity contribution in [3.8, 4) is 0 Å². The second kappa shape index (κ2) is 7.67. The molecule has 1 aromatic rings. The van der Waals surface area contributed by atoms with Crippen molar-refractivity contribution in [3.05, 3.63) is 38.9 Å². The Kier molecular flexibility index (Phi) is 6.20. The zero-order valence-corrected chi connectivity index (χ0v) is 10.9. The number of nitro benzene ring substituents is 1. The number of carbonyl (C=O) groups excluding carboxylic acids is 1. The molecule has 0 aliphatic carbocycles. The number of nitrogens with two attached hydrogens (primary N) is 1. The maximum atomic E-state index is 10.8. The lowest BCUT2D eigenvalue weighted by atomic mass is 10.2. The van der Waals surface area contributed by atoms with E-state index >= 15 is 0 Å². The maximum absolute atomic E-state index is 10.8. The Morgan fingerprint density at radius 3 is 2.89 bits per heavy atom. The Hall–Kier alpha value is -1.70. The van der Waals surface area contributed by atoms with Gasteiger partial charge in [-0.3, -0.25) is 14.9 Å². The van der Waals surface area contributed by atoms with Crippen LogP contribution < -0.4 is 11.1 Å². The molecular weight excluding hydrogens is 274 g/mol. The zero-order chi connectivity index (χ0) is 14.3. The van der Waals surface area contributed by atoms with E-state index in [1.807, 2.05) is 0 Å². The molecule has 0 saturated heterocycles. The summed E-state index contributed by atoms with van der Waals surface area (Å²) >= 11 is 5.70. The first kappa shape index (κ1) is 15.4. The molecule has 0 radical (unpaired) electrons. The number of nitro groups is 1. The number of halogens is 1. The molecule has 0 heterocycles. The molecule has 0 saturated carbocycles. The molecule has 0 unspecified atom stereocenters. The highest BCUT2D eigenvalue weighted by atomic mass is 35.5. The lowest BCUT2D eigenvalue weighted by Gasteiger charge is -2.06. The van der Waals surface area contributed by atoms with Gasteiger partial charge in [0.25, 0.3) is 5.69 Å². The van der Waals surface area contributed by atoms with Gasteiger partial charge in [0.1, 0.15) is 6.61 Å². The molecule has 104 valence electrons. The number of nitrogens with zero attached hydrogens (tertiary/aromatic N) is 1. The number of ether oxygens (including phenoxy) is 1. The standard InChI is InChI=1S/C11H14ClN3O4/c12-9-2-1-8(10(5-9)15(17)18)6-14-3-4-19-7-11(13)16/h1-2,5,14H,3-4,6-7H2,(H2,13,16). The first-order valence-corrected chi connectivity index (χ1v) is 5.88. The molecule has 1 amide bonds. The molecule has 0 aliphatic heterocycles. The number of amides is 1. The van der Waals surface area contributed by atoms with E-state index in [2.05, 4.69) is 5.32 Å². The van der Waals surface area contributed by atoms with Crippen molar-refractivity contribution < 1.29 is 14.5 Å². The van der Waals surface area contributed by atoms with Gasteiger partial charge in [0.2, 0.25) is 5.91 Å². The van der Waals surface area contributed by atoms with Gasteiger partial charge in [-0.15, -0.1) is 0 Å². The van der Waals surface area contributed by atoms with Crippen molar-refractivity contribution in [2.45, 2.75) is 6.54 Å². The first-order valence-electron chi connectivity index (χ1n) is 5.50. The van der Waals surface area contributed by atoms with Crippen molar-refractivity contribution in [1.82, 2.24) is 5.32 Å². The second-order valence-electron chi connectivity index (χ2n) is 3.73. The Balaban J connectivity index is 2.41. The summed E-state index contributed by atoms with van der Waals surface area (Å²) in [7, 11) is 0. The molecule has 0 fully saturated rings. The molecule has 0 aromatic heterocycles. The minimum Gasteiger partial charge on any atom is -0.370 e. The zero-order valence-electron chi connectivity index (χ0n) is 10.1. The van der Waals surface area contributed by atoms with E-state index in [4.69, 9.17) is 22.1 Å². The molecule has 0 spiro atoms. The molecule has 0 atom stereocenters. The summed E-state index contributed by atoms with van der Waals surface area (Å²) in [4.78, 5) is 20.7. The quantitative estimate of drug-likeness (QED) is 0.418. The molecule has 1 rings (SSSR count). The van der Waals surface area contributed by atoms with E-state index in [9.17, 15) is 14.9 Å². The number of benzene rings is 1. The molecule has 1 aromatic carbocycles. The van der Waals surface area contributed by atoms with E-state index in [1.165, 1.54) is 6.07 Å². The minimum absolute atomic E-state index is 0.0296. The van der Waals surface area contributed by atoms with Gasteiger partial charge in [0.15, 0.2) is 0 Å². The highest BCUT2D eigenvalue weighted by molar-refractivity contribution is 6.30. The van der Waals surface area contributed by atoms with Gasteiger partial charge in [0, 0.05) is 29.7 Å². The van der Waals surface area contributed by atoms with Gasteiger partial charge in [-0.05, 0) is 12.1 Å². The van der Waals surface area contributed by atoms with E-state index in [0.29, 0.717) is 30.3 Å². The van der Waals surface area contributed by atoms with Crippen LogP contribution in [0.4, 0.5) is 5.69 Å². The van der Waals surface area contributed by atoms with E-state index in [0.717, 1.165) is 0 Å². The molecule has 0 bridgehead atoms. The third-order valence-corrected chi connectivity index (χ3v) is 2.46. The van der Waals surface area contributed by atoms with Crippen molar-refractivity contribution in [3.63, 3.8) is 0 Å². The topological polar surface area (TPSA) is 107 Å². The third-order valence-electron chi connectivity index (χ3n) is 2.23. The van der Waals surface area contributed by atoms with Crippen LogP contribution in [0.3, 0.4) is 0 Å². The van der Waals surface area contributed by atoms with Gasteiger partial charge in [-0.1, -0.05) is 11.6 Å². The number of primary amides is 1. The van der Waals surface area contributed by atoms with Crippen molar-refractivity contribution in [2.75, 3.05) is 19.8 Å². The summed E-state index contributed by atoms with van der Waals surface area (Å²) in [6.07, 6.45) is 0. The predicted molar refractivity (Wildman–Crippen MR) is 69.8 cm³/mol. The lowest BCUT2D eigenvalue weighted by molar-refractivity contribution is -0.385. The van der Waals surface area contributed by atoms with Crippen LogP contribution in [-0.2, 0) is 16.1 Å². The number of nitrogens with one attached hydrogen (secondary N) is 1. The third kappa shape index (κ3) is 5.64. The summed E-state index contributed by atoms with van der Waals surface area (Å²) in [5.41, 5.74) is 5.40. The van der Waals surface area contributed by atoms with Crippen LogP contribution in [-0.4, -0.2) is 30.6 Å². The van der Waals surface area contributed by atoms with E-state index < -0.39 is 10.8 Å². The largest absolute Gasteiger partial charge is 0.370 e. The summed E-state index contributed by atoms with van der Waals surface area (Å²) in [6, 6.07) is 4.50. The molecule has 3 N–H and O–H groups in total. The highest BCUT2D eigenvalue weighted by Gasteiger charge is 2.13. The van der Waals surface area contributed by atoms with Gasteiger partial charge in [-0.2, -0.15) is 0 Å². The summed E-state index contributed by atoms with van der Waals surface area (Å²) < 4.78 is 4.94. The number of carbonyl (C=O) groups is 1.